The molecule has 3 aromatic rings. The van der Waals surface area contributed by atoms with Crippen molar-refractivity contribution in [2.24, 2.45) is 0 Å². The van der Waals surface area contributed by atoms with Crippen LogP contribution in [0.3, 0.4) is 0 Å². The zero-order valence-electron chi connectivity index (χ0n) is 19.8. The maximum atomic E-state index is 13.4. The van der Waals surface area contributed by atoms with E-state index in [0.717, 1.165) is 5.56 Å². The van der Waals surface area contributed by atoms with Gasteiger partial charge in [-0.05, 0) is 60.2 Å². The van der Waals surface area contributed by atoms with Crippen molar-refractivity contribution in [3.05, 3.63) is 99.5 Å². The Morgan fingerprint density at radius 1 is 0.865 bits per heavy atom. The quantitative estimate of drug-likeness (QED) is 0.387. The van der Waals surface area contributed by atoms with Gasteiger partial charge in [0.05, 0.1) is 5.02 Å². The molecule has 11 heteroatoms. The summed E-state index contributed by atoms with van der Waals surface area (Å²) in [5.74, 6) is -1.08. The van der Waals surface area contributed by atoms with Crippen LogP contribution < -0.4 is 0 Å². The third-order valence-electron chi connectivity index (χ3n) is 6.19. The topological polar surface area (TPSA) is 60.9 Å². The summed E-state index contributed by atoms with van der Waals surface area (Å²) in [5.41, 5.74) is 1.10. The van der Waals surface area contributed by atoms with Gasteiger partial charge in [-0.3, -0.25) is 9.69 Å². The highest BCUT2D eigenvalue weighted by Crippen LogP contribution is 2.28. The summed E-state index contributed by atoms with van der Waals surface area (Å²) in [6, 6.07) is 15.6. The number of hydrogen-bond donors (Lipinski definition) is 0. The average molecular weight is 568 g/mol. The van der Waals surface area contributed by atoms with E-state index in [2.05, 4.69) is 4.90 Å². The number of hydrogen-bond acceptors (Lipinski definition) is 4. The normalized spacial score (nSPS) is 15.0. The van der Waals surface area contributed by atoms with Crippen LogP contribution in [0.25, 0.3) is 0 Å². The number of rotatable bonds is 8. The molecule has 0 bridgehead atoms. The SMILES string of the molecule is O=C(c1ccc(F)cc1)N(CCN1CCN(S(=O)(=O)c2cc(Cl)ccc2Cl)CC1)Cc1ccc(F)cc1. The highest BCUT2D eigenvalue weighted by molar-refractivity contribution is 7.89. The molecule has 1 amide bonds. The summed E-state index contributed by atoms with van der Waals surface area (Å²) in [4.78, 5) is 16.9. The maximum Gasteiger partial charge on any atom is 0.254 e. The molecule has 1 heterocycles. The summed E-state index contributed by atoms with van der Waals surface area (Å²) in [5, 5.41) is 0.399. The number of carbonyl (C=O) groups is 1. The molecule has 0 spiro atoms. The lowest BCUT2D eigenvalue weighted by molar-refractivity contribution is 0.0710. The summed E-state index contributed by atoms with van der Waals surface area (Å²) in [7, 11) is -3.80. The number of carbonyl (C=O) groups excluding carboxylic acids is 1. The minimum atomic E-state index is -3.80. The lowest BCUT2D eigenvalue weighted by Gasteiger charge is -2.35. The molecule has 6 nitrogen and oxygen atoms in total. The molecule has 0 aromatic heterocycles. The Hall–Kier alpha value is -2.56. The van der Waals surface area contributed by atoms with Gasteiger partial charge in [0.15, 0.2) is 0 Å². The molecule has 3 aromatic carbocycles. The number of halogens is 4. The Kier molecular flexibility index (Phi) is 8.82. The molecule has 0 atom stereocenters. The van der Waals surface area contributed by atoms with E-state index >= 15 is 0 Å². The third kappa shape index (κ3) is 6.86. The molecule has 0 N–H and O–H groups in total. The third-order valence-corrected chi connectivity index (χ3v) is 8.81. The van der Waals surface area contributed by atoms with Gasteiger partial charge in [-0.1, -0.05) is 35.3 Å². The molecule has 1 aliphatic rings. The predicted molar refractivity (Wildman–Crippen MR) is 139 cm³/mol. The number of piperazine rings is 1. The Labute approximate surface area is 225 Å². The van der Waals surface area contributed by atoms with Crippen LogP contribution in [0.1, 0.15) is 15.9 Å². The maximum absolute atomic E-state index is 13.4. The van der Waals surface area contributed by atoms with Crippen LogP contribution in [0.2, 0.25) is 10.0 Å². The molecule has 0 unspecified atom stereocenters. The molecule has 0 radical (unpaired) electrons. The van der Waals surface area contributed by atoms with E-state index < -0.39 is 15.8 Å². The van der Waals surface area contributed by atoms with Crippen LogP contribution in [0.15, 0.2) is 71.6 Å². The van der Waals surface area contributed by atoms with Crippen molar-refractivity contribution >= 4 is 39.1 Å². The van der Waals surface area contributed by atoms with Gasteiger partial charge in [-0.2, -0.15) is 4.31 Å². The van der Waals surface area contributed by atoms with Gasteiger partial charge < -0.3 is 4.90 Å². The zero-order valence-corrected chi connectivity index (χ0v) is 22.1. The van der Waals surface area contributed by atoms with Gasteiger partial charge in [0.1, 0.15) is 16.5 Å². The monoisotopic (exact) mass is 567 g/mol. The largest absolute Gasteiger partial charge is 0.333 e. The average Bonchev–Trinajstić information content (AvgIpc) is 2.89. The summed E-state index contributed by atoms with van der Waals surface area (Å²) in [6.07, 6.45) is 0. The molecular weight excluding hydrogens is 543 g/mol. The van der Waals surface area contributed by atoms with Crippen molar-refractivity contribution < 1.29 is 22.0 Å². The number of sulfonamides is 1. The smallest absolute Gasteiger partial charge is 0.254 e. The fraction of sp³-hybridized carbons (Fsp3) is 0.269. The summed E-state index contributed by atoms with van der Waals surface area (Å²) < 4.78 is 54.3. The summed E-state index contributed by atoms with van der Waals surface area (Å²) >= 11 is 12.1. The van der Waals surface area contributed by atoms with Gasteiger partial charge in [-0.25, -0.2) is 17.2 Å². The molecule has 0 saturated carbocycles. The molecule has 196 valence electrons. The second-order valence-electron chi connectivity index (χ2n) is 8.68. The predicted octanol–water partition coefficient (Wildman–Crippen LogP) is 4.92. The minimum Gasteiger partial charge on any atom is -0.333 e. The first-order valence-corrected chi connectivity index (χ1v) is 13.8. The molecule has 37 heavy (non-hydrogen) atoms. The molecule has 1 saturated heterocycles. The first-order valence-electron chi connectivity index (χ1n) is 11.6. The van der Waals surface area contributed by atoms with E-state index in [-0.39, 0.29) is 46.3 Å². The fourth-order valence-corrected chi connectivity index (χ4v) is 6.27. The van der Waals surface area contributed by atoms with Crippen molar-refractivity contribution in [3.8, 4) is 0 Å². The van der Waals surface area contributed by atoms with Gasteiger partial charge >= 0.3 is 0 Å². The number of benzene rings is 3. The Morgan fingerprint density at radius 3 is 2.08 bits per heavy atom. The number of amides is 1. The molecule has 4 rings (SSSR count). The first kappa shape index (κ1) is 27.5. The van der Waals surface area contributed by atoms with Crippen LogP contribution in [-0.2, 0) is 16.6 Å². The lowest BCUT2D eigenvalue weighted by Crippen LogP contribution is -2.50. The van der Waals surface area contributed by atoms with Gasteiger partial charge in [-0.15, -0.1) is 0 Å². The summed E-state index contributed by atoms with van der Waals surface area (Å²) in [6.45, 7) is 2.54. The minimum absolute atomic E-state index is 0.0227. The van der Waals surface area contributed by atoms with Gasteiger partial charge in [0, 0.05) is 56.4 Å². The molecule has 1 aliphatic heterocycles. The highest BCUT2D eigenvalue weighted by atomic mass is 35.5. The lowest BCUT2D eigenvalue weighted by atomic mass is 10.1. The second-order valence-corrected chi connectivity index (χ2v) is 11.4. The Bertz CT molecular complexity index is 1350. The fourth-order valence-electron chi connectivity index (χ4n) is 4.11. The van der Waals surface area contributed by atoms with Crippen LogP contribution >= 0.6 is 23.2 Å². The van der Waals surface area contributed by atoms with Crippen molar-refractivity contribution in [1.82, 2.24) is 14.1 Å². The zero-order chi connectivity index (χ0) is 26.6. The van der Waals surface area contributed by atoms with Crippen LogP contribution in [0.5, 0.6) is 0 Å². The van der Waals surface area contributed by atoms with E-state index in [1.54, 1.807) is 17.0 Å². The van der Waals surface area contributed by atoms with E-state index in [1.165, 1.54) is 58.9 Å². The second kappa shape index (κ2) is 11.9. The Balaban J connectivity index is 1.41. The van der Waals surface area contributed by atoms with Crippen LogP contribution in [-0.4, -0.2) is 67.7 Å². The molecule has 0 aliphatic carbocycles. The molecule has 1 fully saturated rings. The van der Waals surface area contributed by atoms with Crippen LogP contribution in [0.4, 0.5) is 8.78 Å². The van der Waals surface area contributed by atoms with Gasteiger partial charge in [0.25, 0.3) is 5.91 Å². The van der Waals surface area contributed by atoms with Crippen molar-refractivity contribution in [2.45, 2.75) is 11.4 Å². The van der Waals surface area contributed by atoms with Crippen molar-refractivity contribution in [1.29, 1.82) is 0 Å². The van der Waals surface area contributed by atoms with E-state index in [1.807, 2.05) is 0 Å². The Morgan fingerprint density at radius 2 is 1.46 bits per heavy atom. The first-order chi connectivity index (χ1) is 17.6. The van der Waals surface area contributed by atoms with Gasteiger partial charge in [0.2, 0.25) is 10.0 Å². The van der Waals surface area contributed by atoms with E-state index in [0.29, 0.717) is 31.7 Å². The standard InChI is InChI=1S/C26H25Cl2F2N3O3S/c27-21-5-10-24(28)25(17-21)37(35,36)33-15-12-31(13-16-33)11-14-32(18-19-1-6-22(29)7-2-19)26(34)20-3-8-23(30)9-4-20/h1-10,17H,11-16,18H2. The van der Waals surface area contributed by atoms with Crippen molar-refractivity contribution in [3.63, 3.8) is 0 Å². The van der Waals surface area contributed by atoms with Crippen molar-refractivity contribution in [2.75, 3.05) is 39.3 Å². The van der Waals surface area contributed by atoms with E-state index in [4.69, 9.17) is 23.2 Å². The highest BCUT2D eigenvalue weighted by Gasteiger charge is 2.30. The van der Waals surface area contributed by atoms with Crippen LogP contribution in [0, 0.1) is 11.6 Å². The molecular formula is C26H25Cl2F2N3O3S. The number of nitrogens with zero attached hydrogens (tertiary/aromatic N) is 3. The van der Waals surface area contributed by atoms with E-state index in [9.17, 15) is 22.0 Å².